The molecule has 0 fully saturated rings. The fraction of sp³-hybridized carbons (Fsp3) is 0.0392. The Kier molecular flexibility index (Phi) is 7.30. The van der Waals surface area contributed by atoms with Crippen molar-refractivity contribution in [2.75, 3.05) is 4.90 Å². The normalized spacial score (nSPS) is 14.6. The van der Waals surface area contributed by atoms with Gasteiger partial charge in [-0.3, -0.25) is 4.90 Å². The molecule has 10 rings (SSSR count). The van der Waals surface area contributed by atoms with E-state index in [1.54, 1.807) is 0 Å². The number of hydrogen-bond donors (Lipinski definition) is 0. The first-order valence-corrected chi connectivity index (χ1v) is 18.3. The smallest absolute Gasteiger partial charge is 0.146 e. The summed E-state index contributed by atoms with van der Waals surface area (Å²) in [7, 11) is 0. The zero-order valence-electron chi connectivity index (χ0n) is 29.4. The van der Waals surface area contributed by atoms with Crippen molar-refractivity contribution >= 4 is 38.9 Å². The Bertz CT molecular complexity index is 2790. The molecule has 2 heteroatoms. The van der Waals surface area contributed by atoms with Crippen molar-refractivity contribution < 1.29 is 0 Å². The lowest BCUT2D eigenvalue weighted by molar-refractivity contribution is 0.716. The van der Waals surface area contributed by atoms with Crippen LogP contribution < -0.4 is 4.90 Å². The second kappa shape index (κ2) is 12.5. The molecule has 1 unspecified atom stereocenters. The van der Waals surface area contributed by atoms with E-state index in [1.807, 2.05) is 0 Å². The lowest BCUT2D eigenvalue weighted by atomic mass is 9.71. The van der Waals surface area contributed by atoms with E-state index in [1.165, 1.54) is 55.5 Å². The average Bonchev–Trinajstić information content (AvgIpc) is 3.51. The van der Waals surface area contributed by atoms with Crippen molar-refractivity contribution in [1.29, 1.82) is 0 Å². The maximum absolute atomic E-state index is 5.49. The van der Waals surface area contributed by atoms with Gasteiger partial charge in [0.1, 0.15) is 5.82 Å². The molecule has 1 heterocycles. The maximum Gasteiger partial charge on any atom is 0.146 e. The summed E-state index contributed by atoms with van der Waals surface area (Å²) in [4.78, 5) is 7.89. The molecule has 0 aliphatic heterocycles. The second-order valence-corrected chi connectivity index (χ2v) is 14.0. The van der Waals surface area contributed by atoms with E-state index in [0.29, 0.717) is 0 Å². The number of benzene rings is 8. The van der Waals surface area contributed by atoms with Crippen LogP contribution in [0, 0.1) is 0 Å². The van der Waals surface area contributed by atoms with E-state index >= 15 is 0 Å². The first kappa shape index (κ1) is 31.0. The summed E-state index contributed by atoms with van der Waals surface area (Å²) in [5.41, 5.74) is 14.0. The third-order valence-electron chi connectivity index (χ3n) is 11.1. The van der Waals surface area contributed by atoms with Gasteiger partial charge in [-0.1, -0.05) is 176 Å². The van der Waals surface area contributed by atoms with Crippen molar-refractivity contribution in [3.8, 4) is 33.4 Å². The number of nitrogens with zero attached hydrogens (tertiary/aromatic N) is 2. The van der Waals surface area contributed by atoms with Crippen LogP contribution in [0.5, 0.6) is 0 Å². The fourth-order valence-electron chi connectivity index (χ4n) is 8.65. The molecule has 1 aliphatic carbocycles. The molecule has 8 aromatic carbocycles. The standard InChI is InChI=1S/C51H36N2/c1-51(44-26-13-10-21-39(44)37-19-6-3-7-20-37)45-27-14-11-25-43(45)49-46(51)28-16-30-48(49)53(38-33-31-36(32-34-38)35-17-4-2-5-18-35)50-42-24-9-8-22-40(42)41-23-12-15-29-47(41)52-50/h2-34H,1H3. The van der Waals surface area contributed by atoms with Crippen molar-refractivity contribution in [2.45, 2.75) is 12.3 Å². The highest BCUT2D eigenvalue weighted by atomic mass is 15.2. The predicted octanol–water partition coefficient (Wildman–Crippen LogP) is 13.5. The molecule has 0 radical (unpaired) electrons. The van der Waals surface area contributed by atoms with E-state index in [9.17, 15) is 0 Å². The molecule has 53 heavy (non-hydrogen) atoms. The maximum atomic E-state index is 5.49. The molecule has 1 aromatic heterocycles. The van der Waals surface area contributed by atoms with E-state index < -0.39 is 5.41 Å². The molecule has 0 saturated carbocycles. The fourth-order valence-corrected chi connectivity index (χ4v) is 8.65. The van der Waals surface area contributed by atoms with E-state index in [2.05, 4.69) is 212 Å². The van der Waals surface area contributed by atoms with Gasteiger partial charge in [-0.15, -0.1) is 0 Å². The highest BCUT2D eigenvalue weighted by molar-refractivity contribution is 6.12. The highest BCUT2D eigenvalue weighted by Gasteiger charge is 2.43. The third-order valence-corrected chi connectivity index (χ3v) is 11.1. The molecule has 0 saturated heterocycles. The van der Waals surface area contributed by atoms with Gasteiger partial charge in [-0.25, -0.2) is 4.98 Å². The minimum Gasteiger partial charge on any atom is -0.294 e. The van der Waals surface area contributed by atoms with Gasteiger partial charge >= 0.3 is 0 Å². The molecule has 1 aliphatic rings. The first-order valence-electron chi connectivity index (χ1n) is 18.3. The van der Waals surface area contributed by atoms with Gasteiger partial charge in [0.05, 0.1) is 11.2 Å². The quantitative estimate of drug-likeness (QED) is 0.163. The second-order valence-electron chi connectivity index (χ2n) is 14.0. The van der Waals surface area contributed by atoms with Crippen LogP contribution in [0.1, 0.15) is 23.6 Å². The summed E-state index contributed by atoms with van der Waals surface area (Å²) in [6.45, 7) is 2.41. The third kappa shape index (κ3) is 4.91. The van der Waals surface area contributed by atoms with Gasteiger partial charge in [-0.05, 0) is 81.1 Å². The largest absolute Gasteiger partial charge is 0.294 e. The van der Waals surface area contributed by atoms with Crippen LogP contribution in [0.15, 0.2) is 200 Å². The minimum absolute atomic E-state index is 0.407. The molecule has 0 amide bonds. The van der Waals surface area contributed by atoms with Crippen LogP contribution in [0.25, 0.3) is 55.1 Å². The first-order chi connectivity index (χ1) is 26.2. The molecule has 0 spiro atoms. The van der Waals surface area contributed by atoms with Crippen LogP contribution in [0.3, 0.4) is 0 Å². The van der Waals surface area contributed by atoms with Crippen LogP contribution in [-0.4, -0.2) is 4.98 Å². The summed E-state index contributed by atoms with van der Waals surface area (Å²) in [6, 6.07) is 72.3. The Balaban J connectivity index is 1.26. The number of hydrogen-bond acceptors (Lipinski definition) is 2. The lowest BCUT2D eigenvalue weighted by Crippen LogP contribution is -2.23. The molecular formula is C51H36N2. The Morgan fingerprint density at radius 2 is 0.925 bits per heavy atom. The van der Waals surface area contributed by atoms with Crippen molar-refractivity contribution in [2.24, 2.45) is 0 Å². The topological polar surface area (TPSA) is 16.1 Å². The molecule has 2 nitrogen and oxygen atoms in total. The molecular weight excluding hydrogens is 641 g/mol. The van der Waals surface area contributed by atoms with E-state index in [-0.39, 0.29) is 0 Å². The lowest BCUT2D eigenvalue weighted by Gasteiger charge is -2.32. The molecule has 0 N–H and O–H groups in total. The van der Waals surface area contributed by atoms with Crippen molar-refractivity contribution in [3.63, 3.8) is 0 Å². The zero-order chi connectivity index (χ0) is 35.4. The minimum atomic E-state index is -0.407. The number of rotatable bonds is 6. The van der Waals surface area contributed by atoms with Crippen LogP contribution in [-0.2, 0) is 5.41 Å². The zero-order valence-corrected chi connectivity index (χ0v) is 29.4. The summed E-state index contributed by atoms with van der Waals surface area (Å²) in [5, 5.41) is 3.45. The van der Waals surface area contributed by atoms with Gasteiger partial charge in [-0.2, -0.15) is 0 Å². The van der Waals surface area contributed by atoms with Crippen molar-refractivity contribution in [1.82, 2.24) is 4.98 Å². The molecule has 9 aromatic rings. The predicted molar refractivity (Wildman–Crippen MR) is 222 cm³/mol. The van der Waals surface area contributed by atoms with Crippen LogP contribution in [0.2, 0.25) is 0 Å². The van der Waals surface area contributed by atoms with E-state index in [0.717, 1.165) is 33.5 Å². The number of para-hydroxylation sites is 1. The Labute approximate surface area is 310 Å². The number of fused-ring (bicyclic) bond motifs is 6. The molecule has 0 bridgehead atoms. The van der Waals surface area contributed by atoms with Crippen LogP contribution >= 0.6 is 0 Å². The Morgan fingerprint density at radius 1 is 0.396 bits per heavy atom. The monoisotopic (exact) mass is 676 g/mol. The number of anilines is 3. The Morgan fingerprint density at radius 3 is 1.66 bits per heavy atom. The summed E-state index contributed by atoms with van der Waals surface area (Å²) in [5.74, 6) is 0.913. The summed E-state index contributed by atoms with van der Waals surface area (Å²) >= 11 is 0. The van der Waals surface area contributed by atoms with E-state index in [4.69, 9.17) is 4.98 Å². The van der Waals surface area contributed by atoms with Crippen LogP contribution in [0.4, 0.5) is 17.2 Å². The number of pyridine rings is 1. The molecule has 250 valence electrons. The highest BCUT2D eigenvalue weighted by Crippen LogP contribution is 2.58. The van der Waals surface area contributed by atoms with Gasteiger partial charge in [0.15, 0.2) is 0 Å². The summed E-state index contributed by atoms with van der Waals surface area (Å²) in [6.07, 6.45) is 0. The van der Waals surface area contributed by atoms with Gasteiger partial charge in [0.2, 0.25) is 0 Å². The summed E-state index contributed by atoms with van der Waals surface area (Å²) < 4.78 is 0. The Hall–Kier alpha value is -6.77. The SMILES string of the molecule is CC1(c2ccccc2-c2ccccc2)c2ccccc2-c2c(N(c3ccc(-c4ccccc4)cc3)c3nc4ccccc4c4ccccc34)cccc21. The average molecular weight is 677 g/mol. The molecule has 1 atom stereocenters. The van der Waals surface area contributed by atoms with Gasteiger partial charge in [0.25, 0.3) is 0 Å². The van der Waals surface area contributed by atoms with Gasteiger partial charge in [0, 0.05) is 27.4 Å². The number of aromatic nitrogens is 1. The van der Waals surface area contributed by atoms with Gasteiger partial charge < -0.3 is 0 Å². The van der Waals surface area contributed by atoms with Crippen molar-refractivity contribution in [3.05, 3.63) is 217 Å².